The van der Waals surface area contributed by atoms with Crippen LogP contribution in [0.5, 0.6) is 0 Å². The molecule has 1 aromatic heterocycles. The highest BCUT2D eigenvalue weighted by molar-refractivity contribution is 7.88. The van der Waals surface area contributed by atoms with Crippen molar-refractivity contribution in [1.29, 1.82) is 0 Å². The molecule has 3 aromatic rings. The zero-order valence-electron chi connectivity index (χ0n) is 15.4. The first-order valence-electron chi connectivity index (χ1n) is 8.66. The van der Waals surface area contributed by atoms with Crippen LogP contribution in [-0.2, 0) is 15.8 Å². The summed E-state index contributed by atoms with van der Waals surface area (Å²) < 4.78 is 40.9. The molecule has 0 aliphatic heterocycles. The molecule has 0 saturated carbocycles. The molecule has 29 heavy (non-hydrogen) atoms. The number of amides is 1. The van der Waals surface area contributed by atoms with E-state index < -0.39 is 21.7 Å². The molecule has 0 atom stereocenters. The number of halogens is 1. The Morgan fingerprint density at radius 2 is 1.93 bits per heavy atom. The van der Waals surface area contributed by atoms with E-state index in [1.165, 1.54) is 29.0 Å². The third-order valence-corrected chi connectivity index (χ3v) is 5.23. The number of hydrogen-bond donors (Lipinski definition) is 2. The third-order valence-electron chi connectivity index (χ3n) is 3.91. The minimum atomic E-state index is -3.45. The van der Waals surface area contributed by atoms with Crippen LogP contribution in [0.25, 0.3) is 5.69 Å². The molecular weight excluding hydrogens is 395 g/mol. The first-order chi connectivity index (χ1) is 13.9. The average Bonchev–Trinajstić information content (AvgIpc) is 3.18. The molecule has 3 rings (SSSR count). The predicted molar refractivity (Wildman–Crippen MR) is 109 cm³/mol. The molecule has 0 bridgehead atoms. The summed E-state index contributed by atoms with van der Waals surface area (Å²) in [6.07, 6.45) is 3.03. The molecule has 0 fully saturated rings. The third kappa shape index (κ3) is 5.59. The summed E-state index contributed by atoms with van der Waals surface area (Å²) >= 11 is 0. The largest absolute Gasteiger partial charge is 0.321 e. The Balaban J connectivity index is 1.65. The highest BCUT2D eigenvalue weighted by atomic mass is 32.2. The molecule has 0 aliphatic rings. The van der Waals surface area contributed by atoms with E-state index in [9.17, 15) is 17.6 Å². The van der Waals surface area contributed by atoms with Crippen LogP contribution < -0.4 is 10.0 Å². The Hall–Kier alpha value is -3.30. The van der Waals surface area contributed by atoms with Crippen LogP contribution in [-0.4, -0.2) is 30.7 Å². The summed E-state index contributed by atoms with van der Waals surface area (Å²) in [5, 5.41) is 6.85. The first kappa shape index (κ1) is 20.4. The van der Waals surface area contributed by atoms with Crippen molar-refractivity contribution in [3.63, 3.8) is 0 Å². The topological polar surface area (TPSA) is 93.1 Å². The van der Waals surface area contributed by atoms with E-state index in [2.05, 4.69) is 21.7 Å². The van der Waals surface area contributed by atoms with Gasteiger partial charge in [0.05, 0.1) is 11.4 Å². The van der Waals surface area contributed by atoms with Gasteiger partial charge < -0.3 is 5.32 Å². The van der Waals surface area contributed by atoms with Gasteiger partial charge >= 0.3 is 0 Å². The van der Waals surface area contributed by atoms with E-state index in [0.717, 1.165) is 0 Å². The summed E-state index contributed by atoms with van der Waals surface area (Å²) in [5.41, 5.74) is 1.74. The molecule has 0 saturated heterocycles. The highest BCUT2D eigenvalue weighted by Gasteiger charge is 2.13. The minimum absolute atomic E-state index is 0.162. The molecule has 2 N–H and O–H groups in total. The van der Waals surface area contributed by atoms with Gasteiger partial charge in [-0.2, -0.15) is 5.10 Å². The molecule has 0 spiro atoms. The lowest BCUT2D eigenvalue weighted by atomic mass is 10.2. The second-order valence-corrected chi connectivity index (χ2v) is 7.98. The van der Waals surface area contributed by atoms with Crippen LogP contribution in [0.3, 0.4) is 0 Å². The van der Waals surface area contributed by atoms with Gasteiger partial charge in [-0.05, 0) is 42.0 Å². The zero-order valence-corrected chi connectivity index (χ0v) is 16.2. The van der Waals surface area contributed by atoms with Gasteiger partial charge in [0.15, 0.2) is 5.69 Å². The lowest BCUT2D eigenvalue weighted by molar-refractivity contribution is 0.102. The van der Waals surface area contributed by atoms with E-state index in [0.29, 0.717) is 16.9 Å². The Morgan fingerprint density at radius 1 is 1.17 bits per heavy atom. The number of anilines is 1. The van der Waals surface area contributed by atoms with Gasteiger partial charge in [-0.3, -0.25) is 4.79 Å². The SMILES string of the molecule is C=CCNS(=O)(=O)Cc1ccc(NC(=O)c2ccn(-c3cccc(F)c3)n2)cc1. The summed E-state index contributed by atoms with van der Waals surface area (Å²) in [5.74, 6) is -1.01. The lowest BCUT2D eigenvalue weighted by Crippen LogP contribution is -2.25. The van der Waals surface area contributed by atoms with Crippen molar-refractivity contribution < 1.29 is 17.6 Å². The van der Waals surface area contributed by atoms with Crippen LogP contribution >= 0.6 is 0 Å². The van der Waals surface area contributed by atoms with Crippen molar-refractivity contribution in [2.24, 2.45) is 0 Å². The zero-order chi connectivity index (χ0) is 20.9. The van der Waals surface area contributed by atoms with Crippen molar-refractivity contribution in [3.8, 4) is 5.69 Å². The maximum atomic E-state index is 13.3. The quantitative estimate of drug-likeness (QED) is 0.555. The number of hydrogen-bond acceptors (Lipinski definition) is 4. The molecular formula is C20H19FN4O3S. The van der Waals surface area contributed by atoms with Gasteiger partial charge in [-0.25, -0.2) is 22.2 Å². The van der Waals surface area contributed by atoms with E-state index in [-0.39, 0.29) is 18.0 Å². The number of carbonyl (C=O) groups is 1. The second kappa shape index (κ2) is 8.80. The maximum absolute atomic E-state index is 13.3. The maximum Gasteiger partial charge on any atom is 0.276 e. The monoisotopic (exact) mass is 414 g/mol. The van der Waals surface area contributed by atoms with Crippen molar-refractivity contribution in [2.75, 3.05) is 11.9 Å². The standard InChI is InChI=1S/C20H19FN4O3S/c1-2-11-22-29(27,28)14-15-6-8-17(9-7-15)23-20(26)19-10-12-25(24-19)18-5-3-4-16(21)13-18/h2-10,12-13,22H,1,11,14H2,(H,23,26). The fraction of sp³-hybridized carbons (Fsp3) is 0.100. The number of nitrogens with one attached hydrogen (secondary N) is 2. The molecule has 1 amide bonds. The number of nitrogens with zero attached hydrogens (tertiary/aromatic N) is 2. The number of rotatable bonds is 8. The van der Waals surface area contributed by atoms with E-state index in [4.69, 9.17) is 0 Å². The number of aromatic nitrogens is 2. The smallest absolute Gasteiger partial charge is 0.276 e. The van der Waals surface area contributed by atoms with Crippen molar-refractivity contribution in [1.82, 2.24) is 14.5 Å². The fourth-order valence-corrected chi connectivity index (χ4v) is 3.65. The van der Waals surface area contributed by atoms with Crippen LogP contribution in [0.2, 0.25) is 0 Å². The van der Waals surface area contributed by atoms with Gasteiger partial charge in [0.1, 0.15) is 5.82 Å². The Labute approximate surface area is 167 Å². The van der Waals surface area contributed by atoms with Gasteiger partial charge in [0, 0.05) is 18.4 Å². The van der Waals surface area contributed by atoms with E-state index >= 15 is 0 Å². The van der Waals surface area contributed by atoms with Gasteiger partial charge in [-0.1, -0.05) is 24.3 Å². The van der Waals surface area contributed by atoms with Gasteiger partial charge in [-0.15, -0.1) is 6.58 Å². The Bertz CT molecular complexity index is 1120. The van der Waals surface area contributed by atoms with Crippen LogP contribution in [0.4, 0.5) is 10.1 Å². The van der Waals surface area contributed by atoms with Crippen molar-refractivity contribution >= 4 is 21.6 Å². The Morgan fingerprint density at radius 3 is 2.62 bits per heavy atom. The van der Waals surface area contributed by atoms with E-state index in [1.807, 2.05) is 0 Å². The molecule has 2 aromatic carbocycles. The second-order valence-electron chi connectivity index (χ2n) is 6.17. The summed E-state index contributed by atoms with van der Waals surface area (Å²) in [7, 11) is -3.45. The normalized spacial score (nSPS) is 11.2. The molecule has 1 heterocycles. The summed E-state index contributed by atoms with van der Waals surface area (Å²) in [6.45, 7) is 3.63. The predicted octanol–water partition coefficient (Wildman–Crippen LogP) is 2.87. The van der Waals surface area contributed by atoms with Crippen LogP contribution in [0.15, 0.2) is 73.4 Å². The molecule has 150 valence electrons. The number of carbonyl (C=O) groups excluding carboxylic acids is 1. The van der Waals surface area contributed by atoms with Crippen LogP contribution in [0, 0.1) is 5.82 Å². The number of benzene rings is 2. The average molecular weight is 414 g/mol. The van der Waals surface area contributed by atoms with Crippen molar-refractivity contribution in [2.45, 2.75) is 5.75 Å². The fourth-order valence-electron chi connectivity index (χ4n) is 2.54. The molecule has 0 unspecified atom stereocenters. The minimum Gasteiger partial charge on any atom is -0.321 e. The molecule has 0 radical (unpaired) electrons. The summed E-state index contributed by atoms with van der Waals surface area (Å²) in [6, 6.07) is 13.8. The lowest BCUT2D eigenvalue weighted by Gasteiger charge is -2.07. The van der Waals surface area contributed by atoms with Crippen LogP contribution in [0.1, 0.15) is 16.1 Å². The molecule has 0 aliphatic carbocycles. The molecule has 9 heteroatoms. The van der Waals surface area contributed by atoms with Crippen molar-refractivity contribution in [3.05, 3.63) is 90.5 Å². The molecule has 7 nitrogen and oxygen atoms in total. The summed E-state index contributed by atoms with van der Waals surface area (Å²) in [4.78, 5) is 12.4. The Kier molecular flexibility index (Phi) is 6.20. The van der Waals surface area contributed by atoms with E-state index in [1.54, 1.807) is 42.6 Å². The van der Waals surface area contributed by atoms with Gasteiger partial charge in [0.25, 0.3) is 5.91 Å². The number of sulfonamides is 1. The first-order valence-corrected chi connectivity index (χ1v) is 10.3. The highest BCUT2D eigenvalue weighted by Crippen LogP contribution is 2.14. The van der Waals surface area contributed by atoms with Gasteiger partial charge in [0.2, 0.25) is 10.0 Å².